The number of hydrogen-bond acceptors (Lipinski definition) is 10. The molecule has 0 saturated carbocycles. The van der Waals surface area contributed by atoms with Crippen LogP contribution < -0.4 is 4.74 Å². The SMILES string of the molecule is FC(F)(F)c1nc(-c2cc3nc(CN4CCC(Oc5ccnc(Cc6ccc(Cl)cc6)n5)CC4)n(C[C@@H]4CCO4)c3cn2)no1. The fraction of sp³-hybridized carbons (Fsp3) is 0.400. The molecule has 2 saturated heterocycles. The van der Waals surface area contributed by atoms with Gasteiger partial charge in [0, 0.05) is 43.4 Å². The van der Waals surface area contributed by atoms with Crippen molar-refractivity contribution in [2.45, 2.75) is 57.2 Å². The smallest absolute Gasteiger partial charge is 0.471 e. The van der Waals surface area contributed by atoms with E-state index in [0.717, 1.165) is 55.9 Å². The van der Waals surface area contributed by atoms with Crippen molar-refractivity contribution in [3.63, 3.8) is 0 Å². The van der Waals surface area contributed by atoms with E-state index in [1.807, 2.05) is 24.3 Å². The summed E-state index contributed by atoms with van der Waals surface area (Å²) in [4.78, 5) is 24.0. The number of aromatic nitrogens is 7. The molecule has 5 aromatic rings. The van der Waals surface area contributed by atoms with Gasteiger partial charge in [-0.2, -0.15) is 23.1 Å². The predicted octanol–water partition coefficient (Wildman–Crippen LogP) is 5.37. The fourth-order valence-electron chi connectivity index (χ4n) is 5.47. The normalized spacial score (nSPS) is 17.9. The Bertz CT molecular complexity index is 1780. The van der Waals surface area contributed by atoms with Crippen LogP contribution in [0.1, 0.15) is 42.4 Å². The lowest BCUT2D eigenvalue weighted by atomic mass is 10.1. The lowest BCUT2D eigenvalue weighted by Gasteiger charge is -2.32. The number of benzene rings is 1. The summed E-state index contributed by atoms with van der Waals surface area (Å²) in [5.41, 5.74) is 2.57. The molecule has 0 N–H and O–H groups in total. The average molecular weight is 641 g/mol. The van der Waals surface area contributed by atoms with E-state index in [1.165, 1.54) is 0 Å². The highest BCUT2D eigenvalue weighted by Crippen LogP contribution is 2.30. The topological polar surface area (TPSA) is 117 Å². The van der Waals surface area contributed by atoms with Crippen molar-refractivity contribution >= 4 is 22.6 Å². The molecule has 2 aliphatic rings. The van der Waals surface area contributed by atoms with Gasteiger partial charge in [0.15, 0.2) is 0 Å². The zero-order chi connectivity index (χ0) is 31.0. The summed E-state index contributed by atoms with van der Waals surface area (Å²) in [6.07, 6.45) is 1.82. The van der Waals surface area contributed by atoms with Crippen LogP contribution in [0, 0.1) is 0 Å². The first kappa shape index (κ1) is 29.6. The minimum Gasteiger partial charge on any atom is -0.474 e. The van der Waals surface area contributed by atoms with Crippen LogP contribution in [-0.4, -0.2) is 71.4 Å². The van der Waals surface area contributed by atoms with Crippen LogP contribution in [0.4, 0.5) is 13.2 Å². The Morgan fingerprint density at radius 3 is 2.51 bits per heavy atom. The Balaban J connectivity index is 1.02. The highest BCUT2D eigenvalue weighted by Gasteiger charge is 2.38. The van der Waals surface area contributed by atoms with E-state index >= 15 is 0 Å². The lowest BCUT2D eigenvalue weighted by Crippen LogP contribution is -2.39. The number of halogens is 4. The van der Waals surface area contributed by atoms with E-state index in [2.05, 4.69) is 39.1 Å². The van der Waals surface area contributed by atoms with Crippen molar-refractivity contribution in [1.29, 1.82) is 0 Å². The third-order valence-electron chi connectivity index (χ3n) is 7.93. The molecule has 0 aliphatic carbocycles. The van der Waals surface area contributed by atoms with Gasteiger partial charge >= 0.3 is 12.1 Å². The van der Waals surface area contributed by atoms with Gasteiger partial charge in [0.05, 0.1) is 36.4 Å². The van der Waals surface area contributed by atoms with Crippen molar-refractivity contribution in [1.82, 2.24) is 39.5 Å². The zero-order valence-corrected chi connectivity index (χ0v) is 24.7. The summed E-state index contributed by atoms with van der Waals surface area (Å²) < 4.78 is 57.3. The van der Waals surface area contributed by atoms with E-state index in [1.54, 1.807) is 24.5 Å². The van der Waals surface area contributed by atoms with Gasteiger partial charge < -0.3 is 18.6 Å². The summed E-state index contributed by atoms with van der Waals surface area (Å²) in [5.74, 6) is 0.399. The highest BCUT2D eigenvalue weighted by molar-refractivity contribution is 6.30. The van der Waals surface area contributed by atoms with Gasteiger partial charge in [0.2, 0.25) is 11.7 Å². The first-order chi connectivity index (χ1) is 21.8. The number of alkyl halides is 3. The monoisotopic (exact) mass is 640 g/mol. The number of likely N-dealkylation sites (tertiary alicyclic amines) is 1. The van der Waals surface area contributed by atoms with Gasteiger partial charge in [-0.05, 0) is 43.0 Å². The highest BCUT2D eigenvalue weighted by atomic mass is 35.5. The maximum absolute atomic E-state index is 13.0. The van der Waals surface area contributed by atoms with Crippen molar-refractivity contribution in [3.05, 3.63) is 76.9 Å². The number of ether oxygens (including phenoxy) is 2. The molecule has 45 heavy (non-hydrogen) atoms. The van der Waals surface area contributed by atoms with Crippen LogP contribution in [0.2, 0.25) is 5.02 Å². The molecule has 15 heteroatoms. The van der Waals surface area contributed by atoms with E-state index in [9.17, 15) is 13.2 Å². The van der Waals surface area contributed by atoms with E-state index in [4.69, 9.17) is 26.1 Å². The Morgan fingerprint density at radius 2 is 1.80 bits per heavy atom. The Morgan fingerprint density at radius 1 is 1.00 bits per heavy atom. The first-order valence-corrected chi connectivity index (χ1v) is 15.0. The molecule has 7 rings (SSSR count). The number of nitrogens with zero attached hydrogens (tertiary/aromatic N) is 8. The van der Waals surface area contributed by atoms with Crippen LogP contribution in [0.15, 0.2) is 53.3 Å². The van der Waals surface area contributed by atoms with Gasteiger partial charge in [-0.25, -0.2) is 9.97 Å². The number of pyridine rings is 1. The molecule has 6 heterocycles. The Hall–Kier alpha value is -4.14. The summed E-state index contributed by atoms with van der Waals surface area (Å²) in [7, 11) is 0. The summed E-state index contributed by atoms with van der Waals surface area (Å²) in [6.45, 7) is 3.50. The summed E-state index contributed by atoms with van der Waals surface area (Å²) in [5, 5.41) is 4.15. The van der Waals surface area contributed by atoms with Crippen LogP contribution in [0.5, 0.6) is 5.88 Å². The molecule has 0 amide bonds. The van der Waals surface area contributed by atoms with Crippen LogP contribution in [0.25, 0.3) is 22.6 Å². The summed E-state index contributed by atoms with van der Waals surface area (Å²) >= 11 is 5.99. The van der Waals surface area contributed by atoms with Crippen molar-refractivity contribution in [2.24, 2.45) is 0 Å². The van der Waals surface area contributed by atoms with E-state index in [-0.39, 0.29) is 23.7 Å². The number of fused-ring (bicyclic) bond motifs is 1. The first-order valence-electron chi connectivity index (χ1n) is 14.6. The molecular formula is C30H28ClF3N8O3. The van der Waals surface area contributed by atoms with Crippen molar-refractivity contribution in [2.75, 3.05) is 19.7 Å². The van der Waals surface area contributed by atoms with Crippen LogP contribution in [-0.2, 0) is 30.4 Å². The van der Waals surface area contributed by atoms with Gasteiger partial charge in [-0.15, -0.1) is 0 Å². The van der Waals surface area contributed by atoms with Crippen molar-refractivity contribution in [3.8, 4) is 17.4 Å². The number of hydrogen-bond donors (Lipinski definition) is 0. The quantitative estimate of drug-likeness (QED) is 0.208. The third kappa shape index (κ3) is 6.77. The second-order valence-corrected chi connectivity index (χ2v) is 11.5. The average Bonchev–Trinajstić information content (AvgIpc) is 3.63. The molecule has 0 spiro atoms. The Kier molecular flexibility index (Phi) is 8.10. The number of rotatable bonds is 9. The molecule has 1 aromatic carbocycles. The number of imidazole rings is 1. The molecule has 1 atom stereocenters. The van der Waals surface area contributed by atoms with Gasteiger partial charge in [-0.1, -0.05) is 28.9 Å². The predicted molar refractivity (Wildman–Crippen MR) is 155 cm³/mol. The molecule has 234 valence electrons. The van der Waals surface area contributed by atoms with E-state index in [0.29, 0.717) is 41.8 Å². The fourth-order valence-corrected chi connectivity index (χ4v) is 5.59. The maximum atomic E-state index is 13.0. The van der Waals surface area contributed by atoms with Gasteiger partial charge in [0.25, 0.3) is 0 Å². The minimum absolute atomic E-state index is 0.0185. The second kappa shape index (κ2) is 12.3. The van der Waals surface area contributed by atoms with Gasteiger partial charge in [0.1, 0.15) is 23.4 Å². The minimum atomic E-state index is -4.74. The molecule has 4 aromatic heterocycles. The van der Waals surface area contributed by atoms with Gasteiger partial charge in [-0.3, -0.25) is 9.88 Å². The van der Waals surface area contributed by atoms with Crippen LogP contribution in [0.3, 0.4) is 0 Å². The third-order valence-corrected chi connectivity index (χ3v) is 8.19. The number of piperidine rings is 1. The van der Waals surface area contributed by atoms with Crippen molar-refractivity contribution < 1.29 is 27.2 Å². The molecule has 0 bridgehead atoms. The zero-order valence-electron chi connectivity index (χ0n) is 24.0. The van der Waals surface area contributed by atoms with E-state index < -0.39 is 12.1 Å². The molecule has 11 nitrogen and oxygen atoms in total. The molecular weight excluding hydrogens is 613 g/mol. The molecule has 0 unspecified atom stereocenters. The molecule has 0 radical (unpaired) electrons. The van der Waals surface area contributed by atoms with Crippen LogP contribution >= 0.6 is 11.6 Å². The standard InChI is InChI=1S/C30H28ClF3N8O3/c31-19-3-1-18(2-4-19)13-25-35-9-5-27(38-25)44-20-6-10-41(11-7-20)17-26-37-22-14-23(28-39-29(45-40-28)30(32,33)34)36-15-24(22)42(26)16-21-8-12-43-21/h1-5,9,14-15,20-21H,6-8,10-13,16-17H2/t21-/m0/s1. The maximum Gasteiger partial charge on any atom is 0.471 e. The second-order valence-electron chi connectivity index (χ2n) is 11.1. The molecule has 2 aliphatic heterocycles. The molecule has 2 fully saturated rings. The summed E-state index contributed by atoms with van der Waals surface area (Å²) in [6, 6.07) is 11.0. The Labute approximate surface area is 260 Å². The lowest BCUT2D eigenvalue weighted by molar-refractivity contribution is -0.159. The largest absolute Gasteiger partial charge is 0.474 e.